The lowest BCUT2D eigenvalue weighted by atomic mass is 9.76. The zero-order chi connectivity index (χ0) is 12.2. The fraction of sp³-hybridized carbons (Fsp3) is 0.667. The Bertz CT molecular complexity index is 308. The summed E-state index contributed by atoms with van der Waals surface area (Å²) in [6, 6.07) is 0. The van der Waals surface area contributed by atoms with E-state index >= 15 is 0 Å². The molecule has 0 N–H and O–H groups in total. The average molecular weight is 226 g/mol. The van der Waals surface area contributed by atoms with Crippen molar-refractivity contribution in [2.75, 3.05) is 19.8 Å². The highest BCUT2D eigenvalue weighted by atomic mass is 16.5. The van der Waals surface area contributed by atoms with Crippen molar-refractivity contribution >= 4 is 11.8 Å². The summed E-state index contributed by atoms with van der Waals surface area (Å²) in [6.45, 7) is 8.03. The third-order valence-electron chi connectivity index (χ3n) is 2.63. The van der Waals surface area contributed by atoms with Crippen LogP contribution in [0.15, 0.2) is 12.2 Å². The second kappa shape index (κ2) is 5.25. The zero-order valence-corrected chi connectivity index (χ0v) is 9.88. The van der Waals surface area contributed by atoms with E-state index in [1.807, 2.05) is 0 Å². The van der Waals surface area contributed by atoms with E-state index in [9.17, 15) is 9.59 Å². The van der Waals surface area contributed by atoms with Crippen LogP contribution in [0.2, 0.25) is 0 Å². The Kier molecular flexibility index (Phi) is 4.24. The van der Waals surface area contributed by atoms with Gasteiger partial charge < -0.3 is 9.47 Å². The Labute approximate surface area is 95.6 Å². The van der Waals surface area contributed by atoms with Crippen molar-refractivity contribution < 1.29 is 19.1 Å². The van der Waals surface area contributed by atoms with Gasteiger partial charge in [-0.05, 0) is 20.3 Å². The summed E-state index contributed by atoms with van der Waals surface area (Å²) in [4.78, 5) is 23.8. The minimum Gasteiger partial charge on any atom is -0.465 e. The molecule has 4 nitrogen and oxygen atoms in total. The summed E-state index contributed by atoms with van der Waals surface area (Å²) in [5.74, 6) is -0.581. The molecule has 0 radical (unpaired) electrons. The molecule has 0 aromatic rings. The van der Waals surface area contributed by atoms with Crippen molar-refractivity contribution in [2.45, 2.75) is 26.7 Å². The molecule has 0 aliphatic carbocycles. The fourth-order valence-corrected chi connectivity index (χ4v) is 1.91. The van der Waals surface area contributed by atoms with E-state index in [1.54, 1.807) is 13.8 Å². The molecule has 90 valence electrons. The molecule has 4 heteroatoms. The van der Waals surface area contributed by atoms with Gasteiger partial charge in [0.1, 0.15) is 0 Å². The van der Waals surface area contributed by atoms with Gasteiger partial charge >= 0.3 is 5.97 Å². The Morgan fingerprint density at radius 2 is 2.31 bits per heavy atom. The number of esters is 1. The maximum Gasteiger partial charge on any atom is 0.322 e. The van der Waals surface area contributed by atoms with Gasteiger partial charge in [0, 0.05) is 6.42 Å². The number of ketones is 1. The number of Topliss-reactive ketones (excluding diaryl/α,β-unsaturated/α-hetero) is 1. The Morgan fingerprint density at radius 3 is 2.81 bits per heavy atom. The van der Waals surface area contributed by atoms with Crippen LogP contribution in [0.5, 0.6) is 0 Å². The van der Waals surface area contributed by atoms with Crippen LogP contribution in [0.1, 0.15) is 26.7 Å². The number of allylic oxidation sites excluding steroid dienone is 1. The number of hydrogen-bond donors (Lipinski definition) is 0. The van der Waals surface area contributed by atoms with Crippen molar-refractivity contribution in [1.29, 1.82) is 0 Å². The van der Waals surface area contributed by atoms with Crippen molar-refractivity contribution in [3.63, 3.8) is 0 Å². The van der Waals surface area contributed by atoms with Crippen molar-refractivity contribution in [3.8, 4) is 0 Å². The van der Waals surface area contributed by atoms with Gasteiger partial charge in [0.25, 0.3) is 0 Å². The molecule has 1 rings (SSSR count). The Hall–Kier alpha value is -1.16. The summed E-state index contributed by atoms with van der Waals surface area (Å²) in [5.41, 5.74) is -0.369. The minimum absolute atomic E-state index is 0.0970. The highest BCUT2D eigenvalue weighted by Crippen LogP contribution is 2.33. The normalized spacial score (nSPS) is 25.2. The quantitative estimate of drug-likeness (QED) is 0.414. The van der Waals surface area contributed by atoms with Gasteiger partial charge in [0.05, 0.1) is 19.8 Å². The number of carbonyl (C=O) groups is 2. The molecule has 0 spiro atoms. The fourth-order valence-electron chi connectivity index (χ4n) is 1.91. The first-order valence-corrected chi connectivity index (χ1v) is 5.45. The third-order valence-corrected chi connectivity index (χ3v) is 2.63. The molecule has 1 heterocycles. The molecule has 0 bridgehead atoms. The topological polar surface area (TPSA) is 52.6 Å². The van der Waals surface area contributed by atoms with Crippen LogP contribution in [0.25, 0.3) is 0 Å². The van der Waals surface area contributed by atoms with E-state index < -0.39 is 11.4 Å². The number of ether oxygens (including phenoxy) is 2. The lowest BCUT2D eigenvalue weighted by Gasteiger charge is -2.33. The largest absolute Gasteiger partial charge is 0.465 e. The first-order chi connectivity index (χ1) is 7.53. The van der Waals surface area contributed by atoms with E-state index in [4.69, 9.17) is 9.47 Å². The number of hydrogen-bond acceptors (Lipinski definition) is 4. The summed E-state index contributed by atoms with van der Waals surface area (Å²) < 4.78 is 10.2. The van der Waals surface area contributed by atoms with Gasteiger partial charge in [-0.15, -0.1) is 6.58 Å². The standard InChI is InChI=1S/C12H18O4/c1-4-16-11(14)12(7-9(2)3)8-15-6-5-10(12)13/h2,4-8H2,1,3H3. The van der Waals surface area contributed by atoms with Gasteiger partial charge in [-0.2, -0.15) is 0 Å². The molecule has 16 heavy (non-hydrogen) atoms. The van der Waals surface area contributed by atoms with Crippen molar-refractivity contribution in [1.82, 2.24) is 0 Å². The molecule has 1 saturated heterocycles. The summed E-state index contributed by atoms with van der Waals surface area (Å²) in [7, 11) is 0. The first-order valence-electron chi connectivity index (χ1n) is 5.45. The number of carbonyl (C=O) groups excluding carboxylic acids is 2. The Balaban J connectivity index is 2.94. The molecule has 1 fully saturated rings. The van der Waals surface area contributed by atoms with Crippen LogP contribution >= 0.6 is 0 Å². The van der Waals surface area contributed by atoms with Crippen LogP contribution in [-0.2, 0) is 19.1 Å². The average Bonchev–Trinajstić information content (AvgIpc) is 2.21. The van der Waals surface area contributed by atoms with E-state index in [-0.39, 0.29) is 25.4 Å². The molecule has 1 unspecified atom stereocenters. The molecule has 0 saturated carbocycles. The number of rotatable bonds is 4. The predicted octanol–water partition coefficient (Wildman–Crippen LogP) is 1.49. The van der Waals surface area contributed by atoms with Crippen molar-refractivity contribution in [3.05, 3.63) is 12.2 Å². The maximum atomic E-state index is 11.9. The second-order valence-electron chi connectivity index (χ2n) is 4.16. The van der Waals surface area contributed by atoms with Gasteiger partial charge in [0.15, 0.2) is 11.2 Å². The monoisotopic (exact) mass is 226 g/mol. The summed E-state index contributed by atoms with van der Waals surface area (Å²) >= 11 is 0. The van der Waals surface area contributed by atoms with Crippen LogP contribution in [0, 0.1) is 5.41 Å². The molecular formula is C12H18O4. The molecule has 0 amide bonds. The molecule has 1 atom stereocenters. The summed E-state index contributed by atoms with van der Waals surface area (Å²) in [5, 5.41) is 0. The molecule has 0 aromatic heterocycles. The zero-order valence-electron chi connectivity index (χ0n) is 9.88. The molecular weight excluding hydrogens is 208 g/mol. The SMILES string of the molecule is C=C(C)CC1(C(=O)OCC)COCCC1=O. The highest BCUT2D eigenvalue weighted by molar-refractivity contribution is 6.04. The van der Waals surface area contributed by atoms with Gasteiger partial charge in [-0.1, -0.05) is 5.57 Å². The maximum absolute atomic E-state index is 11.9. The van der Waals surface area contributed by atoms with E-state index in [1.165, 1.54) is 0 Å². The van der Waals surface area contributed by atoms with E-state index in [0.29, 0.717) is 13.0 Å². The third kappa shape index (κ3) is 2.50. The van der Waals surface area contributed by atoms with Crippen LogP contribution < -0.4 is 0 Å². The highest BCUT2D eigenvalue weighted by Gasteiger charge is 2.48. The minimum atomic E-state index is -1.15. The molecule has 0 aromatic carbocycles. The smallest absolute Gasteiger partial charge is 0.322 e. The Morgan fingerprint density at radius 1 is 1.62 bits per heavy atom. The lowest BCUT2D eigenvalue weighted by molar-refractivity contribution is -0.169. The predicted molar refractivity (Wildman–Crippen MR) is 58.9 cm³/mol. The van der Waals surface area contributed by atoms with Crippen molar-refractivity contribution in [2.24, 2.45) is 5.41 Å². The van der Waals surface area contributed by atoms with Crippen LogP contribution in [0.3, 0.4) is 0 Å². The lowest BCUT2D eigenvalue weighted by Crippen LogP contribution is -2.48. The summed E-state index contributed by atoms with van der Waals surface area (Å²) in [6.07, 6.45) is 0.580. The second-order valence-corrected chi connectivity index (χ2v) is 4.16. The van der Waals surface area contributed by atoms with E-state index in [2.05, 4.69) is 6.58 Å². The van der Waals surface area contributed by atoms with Gasteiger partial charge in [-0.3, -0.25) is 9.59 Å². The van der Waals surface area contributed by atoms with Gasteiger partial charge in [-0.25, -0.2) is 0 Å². The van der Waals surface area contributed by atoms with Crippen LogP contribution in [0.4, 0.5) is 0 Å². The molecule has 1 aliphatic rings. The van der Waals surface area contributed by atoms with Crippen LogP contribution in [-0.4, -0.2) is 31.6 Å². The first kappa shape index (κ1) is 12.9. The van der Waals surface area contributed by atoms with E-state index in [0.717, 1.165) is 5.57 Å². The van der Waals surface area contributed by atoms with Gasteiger partial charge in [0.2, 0.25) is 0 Å². The molecule has 1 aliphatic heterocycles.